The van der Waals surface area contributed by atoms with Gasteiger partial charge >= 0.3 is 0 Å². The largest absolute Gasteiger partial charge is 0.451 e. The number of fused-ring (bicyclic) bond motifs is 1. The van der Waals surface area contributed by atoms with E-state index in [-0.39, 0.29) is 18.1 Å². The molecule has 0 aliphatic rings. The number of benzene rings is 2. The average Bonchev–Trinajstić information content (AvgIpc) is 2.97. The fraction of sp³-hybridized carbons (Fsp3) is 0.211. The highest BCUT2D eigenvalue weighted by Crippen LogP contribution is 2.26. The highest BCUT2D eigenvalue weighted by atomic mass is 32.2. The van der Waals surface area contributed by atoms with Gasteiger partial charge < -0.3 is 9.73 Å². The lowest BCUT2D eigenvalue weighted by atomic mass is 10.1. The molecule has 3 aromatic rings. The molecule has 8 heteroatoms. The van der Waals surface area contributed by atoms with E-state index in [0.717, 1.165) is 5.56 Å². The lowest BCUT2D eigenvalue weighted by Gasteiger charge is -2.06. The molecule has 142 valence electrons. The molecule has 1 heterocycles. The number of aryl methyl sites for hydroxylation is 1. The molecule has 1 aromatic heterocycles. The van der Waals surface area contributed by atoms with Gasteiger partial charge in [0.15, 0.2) is 5.76 Å². The van der Waals surface area contributed by atoms with Gasteiger partial charge in [-0.1, -0.05) is 24.3 Å². The third-order valence-electron chi connectivity index (χ3n) is 4.25. The van der Waals surface area contributed by atoms with Crippen LogP contribution < -0.4 is 10.0 Å². The lowest BCUT2D eigenvalue weighted by Crippen LogP contribution is -2.23. The molecule has 0 spiro atoms. The van der Waals surface area contributed by atoms with Gasteiger partial charge in [0.2, 0.25) is 10.0 Å². The summed E-state index contributed by atoms with van der Waals surface area (Å²) in [6.07, 6.45) is 0. The minimum absolute atomic E-state index is 0.106. The number of sulfonamides is 1. The molecule has 2 aromatic carbocycles. The van der Waals surface area contributed by atoms with Gasteiger partial charge in [-0.2, -0.15) is 0 Å². The minimum Gasteiger partial charge on any atom is -0.451 e. The van der Waals surface area contributed by atoms with Crippen molar-refractivity contribution in [3.63, 3.8) is 0 Å². The van der Waals surface area contributed by atoms with E-state index in [9.17, 15) is 17.6 Å². The molecule has 1 amide bonds. The van der Waals surface area contributed by atoms with Crippen LogP contribution >= 0.6 is 0 Å². The van der Waals surface area contributed by atoms with E-state index in [0.29, 0.717) is 22.1 Å². The predicted molar refractivity (Wildman–Crippen MR) is 100 cm³/mol. The van der Waals surface area contributed by atoms with Crippen molar-refractivity contribution in [3.05, 3.63) is 70.7 Å². The van der Waals surface area contributed by atoms with Crippen LogP contribution in [0.2, 0.25) is 0 Å². The minimum atomic E-state index is -3.33. The summed E-state index contributed by atoms with van der Waals surface area (Å²) in [5, 5.41) is 3.32. The Kier molecular flexibility index (Phi) is 5.29. The van der Waals surface area contributed by atoms with E-state index in [1.54, 1.807) is 31.2 Å². The lowest BCUT2D eigenvalue weighted by molar-refractivity contribution is 0.0924. The average molecular weight is 390 g/mol. The molecule has 0 saturated carbocycles. The van der Waals surface area contributed by atoms with E-state index in [1.165, 1.54) is 25.2 Å². The second-order valence-electron chi connectivity index (χ2n) is 6.16. The zero-order valence-electron chi connectivity index (χ0n) is 14.9. The van der Waals surface area contributed by atoms with Crippen LogP contribution in [0.25, 0.3) is 11.0 Å². The maximum Gasteiger partial charge on any atom is 0.287 e. The Morgan fingerprint density at radius 2 is 1.78 bits per heavy atom. The van der Waals surface area contributed by atoms with Gasteiger partial charge in [0.25, 0.3) is 5.91 Å². The SMILES string of the molecule is CNS(=O)(=O)Cc1ccc(CNC(=O)c2oc3ccc(F)cc3c2C)cc1. The van der Waals surface area contributed by atoms with Crippen molar-refractivity contribution in [3.8, 4) is 0 Å². The normalized spacial score (nSPS) is 11.7. The Bertz CT molecular complexity index is 1090. The van der Waals surface area contributed by atoms with E-state index < -0.39 is 21.7 Å². The van der Waals surface area contributed by atoms with Gasteiger partial charge in [0.05, 0.1) is 5.75 Å². The predicted octanol–water partition coefficient (Wildman–Crippen LogP) is 2.86. The topological polar surface area (TPSA) is 88.4 Å². The Hall–Kier alpha value is -2.71. The summed E-state index contributed by atoms with van der Waals surface area (Å²) in [5.41, 5.74) is 2.49. The number of halogens is 1. The molecule has 0 radical (unpaired) electrons. The number of amides is 1. The quantitative estimate of drug-likeness (QED) is 0.677. The summed E-state index contributed by atoms with van der Waals surface area (Å²) in [6.45, 7) is 1.96. The molecule has 0 saturated heterocycles. The van der Waals surface area contributed by atoms with Crippen LogP contribution in [0.15, 0.2) is 46.9 Å². The number of hydrogen-bond acceptors (Lipinski definition) is 4. The number of hydrogen-bond donors (Lipinski definition) is 2. The molecule has 2 N–H and O–H groups in total. The zero-order chi connectivity index (χ0) is 19.6. The summed E-state index contributed by atoms with van der Waals surface area (Å²) in [7, 11) is -1.96. The van der Waals surface area contributed by atoms with Gasteiger partial charge in [-0.3, -0.25) is 4.79 Å². The molecule has 0 bridgehead atoms. The fourth-order valence-corrected chi connectivity index (χ4v) is 3.49. The summed E-state index contributed by atoms with van der Waals surface area (Å²) in [4.78, 5) is 12.4. The molecular formula is C19H19FN2O4S. The van der Waals surface area contributed by atoms with Crippen LogP contribution in [0, 0.1) is 12.7 Å². The Morgan fingerprint density at radius 1 is 1.11 bits per heavy atom. The Morgan fingerprint density at radius 3 is 2.44 bits per heavy atom. The van der Waals surface area contributed by atoms with Gasteiger partial charge in [-0.25, -0.2) is 17.5 Å². The monoisotopic (exact) mass is 390 g/mol. The van der Waals surface area contributed by atoms with Crippen LogP contribution in [0.4, 0.5) is 4.39 Å². The Labute approximate surface area is 156 Å². The second kappa shape index (κ2) is 7.50. The second-order valence-corrected chi connectivity index (χ2v) is 8.09. The van der Waals surface area contributed by atoms with Crippen LogP contribution in [-0.2, 0) is 22.3 Å². The third-order valence-corrected chi connectivity index (χ3v) is 5.58. The molecule has 0 unspecified atom stereocenters. The molecule has 0 aliphatic carbocycles. The van der Waals surface area contributed by atoms with Gasteiger partial charge in [-0.15, -0.1) is 0 Å². The smallest absolute Gasteiger partial charge is 0.287 e. The standard InChI is InChI=1S/C19H19FN2O4S/c1-12-16-9-15(20)7-8-17(16)26-18(12)19(23)22-10-13-3-5-14(6-4-13)11-27(24,25)21-2/h3-9,21H,10-11H2,1-2H3,(H,22,23). The third kappa shape index (κ3) is 4.35. The summed E-state index contributed by atoms with van der Waals surface area (Å²) < 4.78 is 44.3. The van der Waals surface area contributed by atoms with E-state index in [1.807, 2.05) is 0 Å². The molecule has 27 heavy (non-hydrogen) atoms. The Balaban J connectivity index is 1.68. The number of furan rings is 1. The molecule has 3 rings (SSSR count). The van der Waals surface area contributed by atoms with Gasteiger partial charge in [0.1, 0.15) is 11.4 Å². The molecular weight excluding hydrogens is 371 g/mol. The number of rotatable bonds is 6. The first-order valence-corrected chi connectivity index (χ1v) is 9.90. The molecule has 0 atom stereocenters. The highest BCUT2D eigenvalue weighted by molar-refractivity contribution is 7.88. The van der Waals surface area contributed by atoms with Crippen molar-refractivity contribution in [2.45, 2.75) is 19.2 Å². The van der Waals surface area contributed by atoms with Crippen LogP contribution in [0.1, 0.15) is 27.2 Å². The summed E-state index contributed by atoms with van der Waals surface area (Å²) >= 11 is 0. The van der Waals surface area contributed by atoms with Gasteiger partial charge in [-0.05, 0) is 43.3 Å². The van der Waals surface area contributed by atoms with E-state index in [4.69, 9.17) is 4.42 Å². The number of nitrogens with one attached hydrogen (secondary N) is 2. The van der Waals surface area contributed by atoms with Crippen molar-refractivity contribution in [2.75, 3.05) is 7.05 Å². The van der Waals surface area contributed by atoms with E-state index in [2.05, 4.69) is 10.0 Å². The summed E-state index contributed by atoms with van der Waals surface area (Å²) in [5.74, 6) is -0.748. The maximum absolute atomic E-state index is 13.4. The number of carbonyl (C=O) groups excluding carboxylic acids is 1. The van der Waals surface area contributed by atoms with Crippen molar-refractivity contribution in [2.24, 2.45) is 0 Å². The maximum atomic E-state index is 13.4. The van der Waals surface area contributed by atoms with Crippen molar-refractivity contribution in [1.82, 2.24) is 10.0 Å². The molecule has 0 aliphatic heterocycles. The molecule has 0 fully saturated rings. The van der Waals surface area contributed by atoms with Gasteiger partial charge in [0, 0.05) is 17.5 Å². The molecule has 6 nitrogen and oxygen atoms in total. The first kappa shape index (κ1) is 19.1. The van der Waals surface area contributed by atoms with E-state index >= 15 is 0 Å². The first-order valence-electron chi connectivity index (χ1n) is 8.25. The zero-order valence-corrected chi connectivity index (χ0v) is 15.7. The first-order chi connectivity index (χ1) is 12.8. The van der Waals surface area contributed by atoms with Crippen LogP contribution in [0.5, 0.6) is 0 Å². The number of carbonyl (C=O) groups is 1. The van der Waals surface area contributed by atoms with Crippen LogP contribution in [0.3, 0.4) is 0 Å². The van der Waals surface area contributed by atoms with Crippen molar-refractivity contribution < 1.29 is 22.0 Å². The van der Waals surface area contributed by atoms with Crippen molar-refractivity contribution >= 4 is 26.9 Å². The highest BCUT2D eigenvalue weighted by Gasteiger charge is 2.18. The fourth-order valence-electron chi connectivity index (χ4n) is 2.72. The van der Waals surface area contributed by atoms with Crippen molar-refractivity contribution in [1.29, 1.82) is 0 Å². The van der Waals surface area contributed by atoms with Crippen LogP contribution in [-0.4, -0.2) is 21.4 Å². The summed E-state index contributed by atoms with van der Waals surface area (Å²) in [6, 6.07) is 11.0.